The second-order valence-electron chi connectivity index (χ2n) is 5.50. The summed E-state index contributed by atoms with van der Waals surface area (Å²) in [5, 5.41) is 5.74. The molecule has 1 fully saturated rings. The van der Waals surface area contributed by atoms with Gasteiger partial charge in [0.2, 0.25) is 5.91 Å². The van der Waals surface area contributed by atoms with Crippen molar-refractivity contribution in [2.75, 3.05) is 25.0 Å². The molecule has 0 bridgehead atoms. The minimum atomic E-state index is -0.0264. The van der Waals surface area contributed by atoms with Crippen LogP contribution in [0.1, 0.15) is 26.2 Å². The molecule has 1 heterocycles. The van der Waals surface area contributed by atoms with Gasteiger partial charge in [-0.3, -0.25) is 4.79 Å². The Morgan fingerprint density at radius 2 is 1.86 bits per heavy atom. The molecule has 0 aromatic heterocycles. The van der Waals surface area contributed by atoms with E-state index >= 15 is 0 Å². The Kier molecular flexibility index (Phi) is 5.60. The molecule has 2 N–H and O–H groups in total. The fraction of sp³-hybridized carbons (Fsp3) is 0.500. The van der Waals surface area contributed by atoms with E-state index in [4.69, 9.17) is 0 Å². The first kappa shape index (κ1) is 15.4. The Morgan fingerprint density at radius 1 is 1.19 bits per heavy atom. The first-order chi connectivity index (χ1) is 10.1. The molecular weight excluding hydrogens is 266 g/mol. The van der Waals surface area contributed by atoms with Crippen LogP contribution in [0, 0.1) is 5.92 Å². The maximum atomic E-state index is 12.1. The van der Waals surface area contributed by atoms with Crippen molar-refractivity contribution in [2.45, 2.75) is 26.2 Å². The third-order valence-corrected chi connectivity index (χ3v) is 3.85. The third kappa shape index (κ3) is 5.10. The minimum absolute atomic E-state index is 0.0228. The zero-order valence-corrected chi connectivity index (χ0v) is 12.5. The lowest BCUT2D eigenvalue weighted by atomic mass is 9.94. The number of carbonyl (C=O) groups is 2. The summed E-state index contributed by atoms with van der Waals surface area (Å²) in [5.74, 6) is 0.618. The second kappa shape index (κ2) is 7.67. The van der Waals surface area contributed by atoms with E-state index in [0.29, 0.717) is 5.92 Å². The molecule has 1 aliphatic rings. The largest absolute Gasteiger partial charge is 0.356 e. The van der Waals surface area contributed by atoms with Crippen molar-refractivity contribution in [3.8, 4) is 0 Å². The average molecular weight is 289 g/mol. The van der Waals surface area contributed by atoms with Gasteiger partial charge >= 0.3 is 6.03 Å². The van der Waals surface area contributed by atoms with Crippen LogP contribution in [0.3, 0.4) is 0 Å². The zero-order chi connectivity index (χ0) is 15.1. The van der Waals surface area contributed by atoms with Gasteiger partial charge in [0, 0.05) is 32.2 Å². The van der Waals surface area contributed by atoms with Crippen molar-refractivity contribution in [1.82, 2.24) is 10.2 Å². The van der Waals surface area contributed by atoms with Gasteiger partial charge in [-0.2, -0.15) is 0 Å². The summed E-state index contributed by atoms with van der Waals surface area (Å²) in [4.78, 5) is 24.8. The number of nitrogens with one attached hydrogen (secondary N) is 2. The average Bonchev–Trinajstić information content (AvgIpc) is 2.48. The summed E-state index contributed by atoms with van der Waals surface area (Å²) in [6.45, 7) is 3.83. The molecule has 0 spiro atoms. The van der Waals surface area contributed by atoms with Crippen LogP contribution >= 0.6 is 0 Å². The van der Waals surface area contributed by atoms with Crippen LogP contribution < -0.4 is 10.6 Å². The van der Waals surface area contributed by atoms with Gasteiger partial charge in [-0.1, -0.05) is 18.2 Å². The smallest absolute Gasteiger partial charge is 0.321 e. The zero-order valence-electron chi connectivity index (χ0n) is 12.5. The molecule has 21 heavy (non-hydrogen) atoms. The number of carbonyl (C=O) groups excluding carboxylic acids is 2. The van der Waals surface area contributed by atoms with E-state index in [0.717, 1.165) is 44.6 Å². The Labute approximate surface area is 125 Å². The predicted octanol–water partition coefficient (Wildman–Crippen LogP) is 2.46. The molecule has 0 radical (unpaired) electrons. The number of piperidine rings is 1. The van der Waals surface area contributed by atoms with Crippen LogP contribution in [-0.2, 0) is 4.79 Å². The molecule has 1 saturated heterocycles. The summed E-state index contributed by atoms with van der Waals surface area (Å²) in [7, 11) is 0. The normalized spacial score (nSPS) is 15.6. The lowest BCUT2D eigenvalue weighted by Gasteiger charge is -2.32. The van der Waals surface area contributed by atoms with Gasteiger partial charge in [0.05, 0.1) is 0 Å². The van der Waals surface area contributed by atoms with E-state index in [-0.39, 0.29) is 11.9 Å². The fourth-order valence-electron chi connectivity index (χ4n) is 2.60. The molecule has 0 atom stereocenters. The number of para-hydroxylation sites is 1. The number of hydrogen-bond donors (Lipinski definition) is 2. The van der Waals surface area contributed by atoms with Crippen LogP contribution in [0.15, 0.2) is 30.3 Å². The molecule has 0 saturated carbocycles. The van der Waals surface area contributed by atoms with Gasteiger partial charge in [0.1, 0.15) is 0 Å². The highest BCUT2D eigenvalue weighted by Gasteiger charge is 2.22. The highest BCUT2D eigenvalue weighted by atomic mass is 16.2. The van der Waals surface area contributed by atoms with Crippen LogP contribution in [0.4, 0.5) is 10.5 Å². The van der Waals surface area contributed by atoms with E-state index < -0.39 is 0 Å². The number of hydrogen-bond acceptors (Lipinski definition) is 2. The van der Waals surface area contributed by atoms with Gasteiger partial charge in [-0.25, -0.2) is 4.79 Å². The van der Waals surface area contributed by atoms with Gasteiger partial charge in [-0.15, -0.1) is 0 Å². The van der Waals surface area contributed by atoms with Crippen LogP contribution in [0.25, 0.3) is 0 Å². The van der Waals surface area contributed by atoms with E-state index in [9.17, 15) is 9.59 Å². The Bertz CT molecular complexity index is 468. The van der Waals surface area contributed by atoms with Crippen molar-refractivity contribution >= 4 is 17.6 Å². The molecule has 1 aromatic rings. The highest BCUT2D eigenvalue weighted by molar-refractivity contribution is 5.89. The molecule has 5 nitrogen and oxygen atoms in total. The molecule has 2 rings (SSSR count). The summed E-state index contributed by atoms with van der Waals surface area (Å²) in [6.07, 6.45) is 3.00. The predicted molar refractivity (Wildman–Crippen MR) is 83.1 cm³/mol. The first-order valence-corrected chi connectivity index (χ1v) is 7.50. The Balaban J connectivity index is 1.71. The van der Waals surface area contributed by atoms with Crippen molar-refractivity contribution in [3.05, 3.63) is 30.3 Å². The molecular formula is C16H23N3O2. The summed E-state index contributed by atoms with van der Waals surface area (Å²) < 4.78 is 0. The molecule has 0 aliphatic carbocycles. The van der Waals surface area contributed by atoms with E-state index in [2.05, 4.69) is 10.6 Å². The van der Waals surface area contributed by atoms with E-state index in [1.165, 1.54) is 6.92 Å². The van der Waals surface area contributed by atoms with Crippen LogP contribution in [-0.4, -0.2) is 36.5 Å². The number of nitrogens with zero attached hydrogens (tertiary/aromatic N) is 1. The van der Waals surface area contributed by atoms with E-state index in [1.54, 1.807) is 0 Å². The Morgan fingerprint density at radius 3 is 2.48 bits per heavy atom. The monoisotopic (exact) mass is 289 g/mol. The highest BCUT2D eigenvalue weighted by Crippen LogP contribution is 2.20. The first-order valence-electron chi connectivity index (χ1n) is 7.50. The SMILES string of the molecule is CC(=O)NCCC1CCN(C(=O)Nc2ccccc2)CC1. The number of rotatable bonds is 4. The van der Waals surface area contributed by atoms with Crippen molar-refractivity contribution in [3.63, 3.8) is 0 Å². The lowest BCUT2D eigenvalue weighted by Crippen LogP contribution is -2.41. The van der Waals surface area contributed by atoms with Crippen LogP contribution in [0.5, 0.6) is 0 Å². The van der Waals surface area contributed by atoms with Gasteiger partial charge < -0.3 is 15.5 Å². The van der Waals surface area contributed by atoms with Crippen molar-refractivity contribution < 1.29 is 9.59 Å². The maximum Gasteiger partial charge on any atom is 0.321 e. The maximum absolute atomic E-state index is 12.1. The molecule has 0 unspecified atom stereocenters. The summed E-state index contributed by atoms with van der Waals surface area (Å²) >= 11 is 0. The molecule has 3 amide bonds. The quantitative estimate of drug-likeness (QED) is 0.894. The van der Waals surface area contributed by atoms with Crippen LogP contribution in [0.2, 0.25) is 0 Å². The molecule has 114 valence electrons. The standard InChI is InChI=1S/C16H23N3O2/c1-13(20)17-10-7-14-8-11-19(12-9-14)16(21)18-15-5-3-2-4-6-15/h2-6,14H,7-12H2,1H3,(H,17,20)(H,18,21). The fourth-order valence-corrected chi connectivity index (χ4v) is 2.60. The molecule has 1 aromatic carbocycles. The van der Waals surface area contributed by atoms with Crippen molar-refractivity contribution in [2.24, 2.45) is 5.92 Å². The number of benzene rings is 1. The number of amides is 3. The third-order valence-electron chi connectivity index (χ3n) is 3.85. The van der Waals surface area contributed by atoms with E-state index in [1.807, 2.05) is 35.2 Å². The topological polar surface area (TPSA) is 61.4 Å². The number of anilines is 1. The lowest BCUT2D eigenvalue weighted by molar-refractivity contribution is -0.119. The second-order valence-corrected chi connectivity index (χ2v) is 5.50. The summed E-state index contributed by atoms with van der Waals surface area (Å²) in [6, 6.07) is 9.49. The van der Waals surface area contributed by atoms with Gasteiger partial charge in [0.25, 0.3) is 0 Å². The molecule has 1 aliphatic heterocycles. The summed E-state index contributed by atoms with van der Waals surface area (Å²) in [5.41, 5.74) is 0.829. The van der Waals surface area contributed by atoms with Crippen molar-refractivity contribution in [1.29, 1.82) is 0 Å². The van der Waals surface area contributed by atoms with Gasteiger partial charge in [-0.05, 0) is 37.3 Å². The molecule has 5 heteroatoms. The number of likely N-dealkylation sites (tertiary alicyclic amines) is 1. The Hall–Kier alpha value is -2.04. The minimum Gasteiger partial charge on any atom is -0.356 e. The number of urea groups is 1. The van der Waals surface area contributed by atoms with Gasteiger partial charge in [0.15, 0.2) is 0 Å².